The van der Waals surface area contributed by atoms with Crippen molar-refractivity contribution in [2.75, 3.05) is 6.54 Å². The second-order valence-corrected chi connectivity index (χ2v) is 6.02. The summed E-state index contributed by atoms with van der Waals surface area (Å²) >= 11 is 0. The highest BCUT2D eigenvalue weighted by molar-refractivity contribution is 5.88. The number of ether oxygens (including phenoxy) is 1. The maximum absolute atomic E-state index is 11.9. The van der Waals surface area contributed by atoms with Crippen molar-refractivity contribution in [1.29, 1.82) is 0 Å². The van der Waals surface area contributed by atoms with E-state index in [1.807, 2.05) is 6.07 Å². The van der Waals surface area contributed by atoms with Crippen molar-refractivity contribution in [3.8, 4) is 0 Å². The Labute approximate surface area is 124 Å². The van der Waals surface area contributed by atoms with Gasteiger partial charge >= 0.3 is 11.9 Å². The van der Waals surface area contributed by atoms with Crippen molar-refractivity contribution >= 4 is 11.9 Å². The zero-order valence-corrected chi connectivity index (χ0v) is 12.1. The fourth-order valence-corrected chi connectivity index (χ4v) is 3.29. The predicted molar refractivity (Wildman–Crippen MR) is 78.7 cm³/mol. The number of aryl methyl sites for hydroxylation is 1. The van der Waals surface area contributed by atoms with E-state index >= 15 is 0 Å². The summed E-state index contributed by atoms with van der Waals surface area (Å²) in [6.45, 7) is 0.827. The Balaban J connectivity index is 1.50. The first-order chi connectivity index (χ1) is 10.2. The molecule has 4 nitrogen and oxygen atoms in total. The van der Waals surface area contributed by atoms with Crippen LogP contribution in [0.2, 0.25) is 0 Å². The van der Waals surface area contributed by atoms with Crippen molar-refractivity contribution in [2.24, 2.45) is 5.92 Å². The van der Waals surface area contributed by atoms with Gasteiger partial charge in [-0.05, 0) is 55.7 Å². The molecule has 0 bridgehead atoms. The van der Waals surface area contributed by atoms with Gasteiger partial charge in [0.25, 0.3) is 0 Å². The summed E-state index contributed by atoms with van der Waals surface area (Å²) in [6.07, 6.45) is 4.97. The fourth-order valence-electron chi connectivity index (χ4n) is 3.29. The molecule has 1 heterocycles. The van der Waals surface area contributed by atoms with Crippen molar-refractivity contribution in [3.05, 3.63) is 35.4 Å². The number of rotatable bonds is 3. The van der Waals surface area contributed by atoms with Crippen LogP contribution in [0.5, 0.6) is 0 Å². The van der Waals surface area contributed by atoms with Gasteiger partial charge < -0.3 is 10.1 Å². The minimum atomic E-state index is -0.409. The summed E-state index contributed by atoms with van der Waals surface area (Å²) in [5.41, 5.74) is 2.71. The number of esters is 2. The van der Waals surface area contributed by atoms with Crippen LogP contribution in [0.4, 0.5) is 0 Å². The lowest BCUT2D eigenvalue weighted by Crippen LogP contribution is -2.34. The third-order valence-electron chi connectivity index (χ3n) is 4.46. The van der Waals surface area contributed by atoms with Crippen LogP contribution < -0.4 is 5.32 Å². The van der Waals surface area contributed by atoms with Crippen LogP contribution in [0.15, 0.2) is 24.3 Å². The van der Waals surface area contributed by atoms with Gasteiger partial charge in [-0.3, -0.25) is 4.79 Å². The molecule has 3 rings (SSSR count). The summed E-state index contributed by atoms with van der Waals surface area (Å²) in [6, 6.07) is 8.08. The van der Waals surface area contributed by atoms with Gasteiger partial charge in [-0.1, -0.05) is 24.3 Å². The molecule has 1 N–H and O–H groups in total. The summed E-state index contributed by atoms with van der Waals surface area (Å²) in [5, 5.41) is 3.05. The zero-order valence-electron chi connectivity index (χ0n) is 12.1. The Morgan fingerprint density at radius 3 is 2.76 bits per heavy atom. The van der Waals surface area contributed by atoms with E-state index in [1.165, 1.54) is 11.1 Å². The van der Waals surface area contributed by atoms with E-state index in [0.717, 1.165) is 38.6 Å². The van der Waals surface area contributed by atoms with Crippen LogP contribution in [0.25, 0.3) is 0 Å². The van der Waals surface area contributed by atoms with E-state index in [0.29, 0.717) is 6.42 Å². The standard InChI is InChI=1S/C17H21NO3/c19-16(21-17(20)15-6-3-9-18-15)11-12-7-8-13-4-1-2-5-14(13)10-12/h1-2,4-5,12,15,18H,3,6-11H2/t12?,15-/m1/s1. The SMILES string of the molecule is O=C(CC1CCc2ccccc2C1)OC(=O)[C@H]1CCCN1. The molecule has 1 aromatic carbocycles. The molecular weight excluding hydrogens is 266 g/mol. The third kappa shape index (κ3) is 3.50. The summed E-state index contributed by atoms with van der Waals surface area (Å²) in [4.78, 5) is 23.7. The molecule has 21 heavy (non-hydrogen) atoms. The topological polar surface area (TPSA) is 55.4 Å². The molecule has 0 saturated carbocycles. The first kappa shape index (κ1) is 14.3. The Morgan fingerprint density at radius 1 is 1.19 bits per heavy atom. The molecule has 1 aromatic rings. The van der Waals surface area contributed by atoms with Crippen molar-refractivity contribution < 1.29 is 14.3 Å². The number of benzene rings is 1. The lowest BCUT2D eigenvalue weighted by molar-refractivity contribution is -0.161. The smallest absolute Gasteiger partial charge is 0.330 e. The molecule has 0 amide bonds. The van der Waals surface area contributed by atoms with Gasteiger partial charge in [0.2, 0.25) is 0 Å². The first-order valence-electron chi connectivity index (χ1n) is 7.77. The van der Waals surface area contributed by atoms with E-state index in [9.17, 15) is 9.59 Å². The molecule has 0 spiro atoms. The van der Waals surface area contributed by atoms with Crippen molar-refractivity contribution in [1.82, 2.24) is 5.32 Å². The second-order valence-electron chi connectivity index (χ2n) is 6.02. The predicted octanol–water partition coefficient (Wildman–Crippen LogP) is 2.00. The van der Waals surface area contributed by atoms with Crippen LogP contribution in [-0.2, 0) is 27.2 Å². The first-order valence-corrected chi connectivity index (χ1v) is 7.77. The largest absolute Gasteiger partial charge is 0.392 e. The van der Waals surface area contributed by atoms with Crippen LogP contribution in [0, 0.1) is 5.92 Å². The highest BCUT2D eigenvalue weighted by Crippen LogP contribution is 2.27. The van der Waals surface area contributed by atoms with Crippen LogP contribution >= 0.6 is 0 Å². The highest BCUT2D eigenvalue weighted by Gasteiger charge is 2.27. The van der Waals surface area contributed by atoms with Gasteiger partial charge in [-0.2, -0.15) is 0 Å². The number of carbonyl (C=O) groups excluding carboxylic acids is 2. The Bertz CT molecular complexity index is 535. The highest BCUT2D eigenvalue weighted by atomic mass is 16.6. The van der Waals surface area contributed by atoms with E-state index < -0.39 is 5.97 Å². The Morgan fingerprint density at radius 2 is 2.00 bits per heavy atom. The summed E-state index contributed by atoms with van der Waals surface area (Å²) in [5.74, 6) is -0.497. The van der Waals surface area contributed by atoms with Crippen molar-refractivity contribution in [2.45, 2.75) is 44.6 Å². The maximum Gasteiger partial charge on any atom is 0.330 e. The van der Waals surface area contributed by atoms with Gasteiger partial charge in [0.1, 0.15) is 6.04 Å². The number of hydrogen-bond donors (Lipinski definition) is 1. The lowest BCUT2D eigenvalue weighted by atomic mass is 9.82. The molecule has 0 radical (unpaired) electrons. The molecule has 1 aliphatic heterocycles. The van der Waals surface area contributed by atoms with Crippen LogP contribution in [0.3, 0.4) is 0 Å². The molecule has 1 fully saturated rings. The van der Waals surface area contributed by atoms with E-state index in [-0.39, 0.29) is 17.9 Å². The number of hydrogen-bond acceptors (Lipinski definition) is 4. The van der Waals surface area contributed by atoms with E-state index in [4.69, 9.17) is 4.74 Å². The van der Waals surface area contributed by atoms with Gasteiger partial charge in [-0.15, -0.1) is 0 Å². The number of carbonyl (C=O) groups is 2. The average Bonchev–Trinajstić information content (AvgIpc) is 3.01. The van der Waals surface area contributed by atoms with E-state index in [1.54, 1.807) is 0 Å². The minimum absolute atomic E-state index is 0.289. The molecule has 1 aliphatic carbocycles. The van der Waals surface area contributed by atoms with E-state index in [2.05, 4.69) is 23.5 Å². The minimum Gasteiger partial charge on any atom is -0.392 e. The van der Waals surface area contributed by atoms with Gasteiger partial charge in [-0.25, -0.2) is 4.79 Å². The number of fused-ring (bicyclic) bond motifs is 1. The molecule has 1 saturated heterocycles. The molecule has 4 heteroatoms. The molecule has 112 valence electrons. The third-order valence-corrected chi connectivity index (χ3v) is 4.46. The number of nitrogens with one attached hydrogen (secondary N) is 1. The zero-order chi connectivity index (χ0) is 14.7. The van der Waals surface area contributed by atoms with Crippen LogP contribution in [-0.4, -0.2) is 24.5 Å². The normalized spacial score (nSPS) is 24.4. The molecular formula is C17H21NO3. The van der Waals surface area contributed by atoms with Crippen LogP contribution in [0.1, 0.15) is 36.8 Å². The maximum atomic E-state index is 11.9. The summed E-state index contributed by atoms with van der Waals surface area (Å²) < 4.78 is 4.98. The van der Waals surface area contributed by atoms with Gasteiger partial charge in [0.05, 0.1) is 0 Å². The quantitative estimate of drug-likeness (QED) is 0.682. The van der Waals surface area contributed by atoms with Gasteiger partial charge in [0, 0.05) is 6.42 Å². The monoisotopic (exact) mass is 287 g/mol. The average molecular weight is 287 g/mol. The molecule has 2 aliphatic rings. The van der Waals surface area contributed by atoms with Gasteiger partial charge in [0.15, 0.2) is 0 Å². The molecule has 2 atom stereocenters. The summed E-state index contributed by atoms with van der Waals surface area (Å²) in [7, 11) is 0. The molecule has 0 aromatic heterocycles. The lowest BCUT2D eigenvalue weighted by Gasteiger charge is -2.23. The Kier molecular flexibility index (Phi) is 4.34. The Hall–Kier alpha value is -1.68. The molecule has 1 unspecified atom stereocenters. The second kappa shape index (κ2) is 6.39. The fraction of sp³-hybridized carbons (Fsp3) is 0.529. The van der Waals surface area contributed by atoms with Crippen molar-refractivity contribution in [3.63, 3.8) is 0 Å².